The summed E-state index contributed by atoms with van der Waals surface area (Å²) in [4.78, 5) is 18.8. The van der Waals surface area contributed by atoms with Crippen LogP contribution in [0.3, 0.4) is 0 Å². The fraction of sp³-hybridized carbons (Fsp3) is 0.200. The lowest BCUT2D eigenvalue weighted by molar-refractivity contribution is -0.139. The number of carbonyl (C=O) groups is 1. The second-order valence-corrected chi connectivity index (χ2v) is 6.30. The van der Waals surface area contributed by atoms with Crippen molar-refractivity contribution in [2.75, 3.05) is 0 Å². The van der Waals surface area contributed by atoms with Gasteiger partial charge in [0.15, 0.2) is 0 Å². The summed E-state index contributed by atoms with van der Waals surface area (Å²) in [5.41, 5.74) is 3.78. The van der Waals surface area contributed by atoms with Crippen molar-refractivity contribution < 1.29 is 14.6 Å². The molecule has 1 aromatic heterocycles. The fourth-order valence-electron chi connectivity index (χ4n) is 3.20. The molecule has 0 spiro atoms. The van der Waals surface area contributed by atoms with Gasteiger partial charge in [0, 0.05) is 12.1 Å². The summed E-state index contributed by atoms with van der Waals surface area (Å²) in [7, 11) is 0. The zero-order valence-electron chi connectivity index (χ0n) is 14.1. The Morgan fingerprint density at radius 1 is 1.15 bits per heavy atom. The molecule has 4 rings (SSSR count). The van der Waals surface area contributed by atoms with Crippen LogP contribution in [-0.4, -0.2) is 27.1 Å². The Balaban J connectivity index is 1.50. The molecule has 2 heterocycles. The Morgan fingerprint density at radius 3 is 2.65 bits per heavy atom. The summed E-state index contributed by atoms with van der Waals surface area (Å²) in [5.74, 6) is -0.0940. The first-order chi connectivity index (χ1) is 12.7. The number of benzene rings is 2. The van der Waals surface area contributed by atoms with Crippen molar-refractivity contribution in [1.82, 2.24) is 15.3 Å². The number of aromatic nitrogens is 2. The van der Waals surface area contributed by atoms with Crippen LogP contribution in [0.1, 0.15) is 28.6 Å². The van der Waals surface area contributed by atoms with Crippen LogP contribution in [0, 0.1) is 0 Å². The molecule has 26 heavy (non-hydrogen) atoms. The molecule has 132 valence electrons. The average molecular weight is 349 g/mol. The predicted molar refractivity (Wildman–Crippen MR) is 95.9 cm³/mol. The van der Waals surface area contributed by atoms with E-state index >= 15 is 0 Å². The van der Waals surface area contributed by atoms with Gasteiger partial charge < -0.3 is 14.8 Å². The lowest BCUT2D eigenvalue weighted by atomic mass is 9.94. The van der Waals surface area contributed by atoms with E-state index in [-0.39, 0.29) is 6.04 Å². The van der Waals surface area contributed by atoms with E-state index in [1.54, 1.807) is 6.33 Å². The van der Waals surface area contributed by atoms with E-state index in [9.17, 15) is 9.90 Å². The molecule has 0 bridgehead atoms. The smallest absolute Gasteiger partial charge is 0.321 e. The van der Waals surface area contributed by atoms with Crippen molar-refractivity contribution in [3.8, 4) is 5.75 Å². The standard InChI is InChI=1S/C20H19N3O3/c24-20(25)17-10-16-19(22-12-21-16)18(23-17)14-6-8-15(9-7-14)26-11-13-4-2-1-3-5-13/h1-9,12,17-18,23H,10-11H2,(H,21,22)(H,24,25)/t17-,18+/m1/s1. The van der Waals surface area contributed by atoms with E-state index in [0.717, 1.165) is 28.3 Å². The van der Waals surface area contributed by atoms with Crippen molar-refractivity contribution in [2.45, 2.75) is 25.1 Å². The van der Waals surface area contributed by atoms with E-state index in [1.807, 2.05) is 54.6 Å². The second-order valence-electron chi connectivity index (χ2n) is 6.30. The molecule has 3 aromatic rings. The van der Waals surface area contributed by atoms with Crippen LogP contribution in [0.15, 0.2) is 60.9 Å². The van der Waals surface area contributed by atoms with Crippen LogP contribution >= 0.6 is 0 Å². The molecular weight excluding hydrogens is 330 g/mol. The molecule has 0 saturated heterocycles. The summed E-state index contributed by atoms with van der Waals surface area (Å²) in [6.07, 6.45) is 2.01. The number of hydrogen-bond acceptors (Lipinski definition) is 4. The Labute approximate surface area is 150 Å². The number of ether oxygens (including phenoxy) is 1. The molecule has 0 amide bonds. The zero-order valence-corrected chi connectivity index (χ0v) is 14.1. The summed E-state index contributed by atoms with van der Waals surface area (Å²) in [5, 5.41) is 12.5. The molecular formula is C20H19N3O3. The molecule has 0 aliphatic carbocycles. The highest BCUT2D eigenvalue weighted by atomic mass is 16.5. The Morgan fingerprint density at radius 2 is 1.92 bits per heavy atom. The molecule has 6 heteroatoms. The lowest BCUT2D eigenvalue weighted by Crippen LogP contribution is -2.45. The first-order valence-electron chi connectivity index (χ1n) is 8.48. The third kappa shape index (κ3) is 3.32. The van der Waals surface area contributed by atoms with Gasteiger partial charge in [-0.1, -0.05) is 42.5 Å². The average Bonchev–Trinajstić information content (AvgIpc) is 3.15. The summed E-state index contributed by atoms with van der Waals surface area (Å²) in [6.45, 7) is 0.506. The third-order valence-corrected chi connectivity index (χ3v) is 4.56. The van der Waals surface area contributed by atoms with Crippen LogP contribution in [0.4, 0.5) is 0 Å². The monoisotopic (exact) mass is 349 g/mol. The molecule has 2 atom stereocenters. The van der Waals surface area contributed by atoms with Crippen LogP contribution < -0.4 is 10.1 Å². The number of hydrogen-bond donors (Lipinski definition) is 3. The van der Waals surface area contributed by atoms with E-state index in [0.29, 0.717) is 13.0 Å². The number of nitrogens with zero attached hydrogens (tertiary/aromatic N) is 1. The number of H-pyrrole nitrogens is 1. The molecule has 1 aliphatic heterocycles. The third-order valence-electron chi connectivity index (χ3n) is 4.56. The summed E-state index contributed by atoms with van der Waals surface area (Å²) >= 11 is 0. The molecule has 2 aromatic carbocycles. The van der Waals surface area contributed by atoms with Gasteiger partial charge in [-0.3, -0.25) is 10.1 Å². The predicted octanol–water partition coefficient (Wildman–Crippen LogP) is 2.68. The lowest BCUT2D eigenvalue weighted by Gasteiger charge is -2.28. The fourth-order valence-corrected chi connectivity index (χ4v) is 3.20. The van der Waals surface area contributed by atoms with Gasteiger partial charge in [0.1, 0.15) is 18.4 Å². The van der Waals surface area contributed by atoms with Gasteiger partial charge in [-0.05, 0) is 23.3 Å². The van der Waals surface area contributed by atoms with Crippen LogP contribution in [-0.2, 0) is 17.8 Å². The molecule has 0 fully saturated rings. The molecule has 3 N–H and O–H groups in total. The number of nitrogens with one attached hydrogen (secondary N) is 2. The van der Waals surface area contributed by atoms with Gasteiger partial charge in [0.25, 0.3) is 0 Å². The number of aromatic amines is 1. The van der Waals surface area contributed by atoms with Crippen molar-refractivity contribution in [1.29, 1.82) is 0 Å². The Bertz CT molecular complexity index is 890. The zero-order chi connectivity index (χ0) is 17.9. The minimum Gasteiger partial charge on any atom is -0.489 e. The van der Waals surface area contributed by atoms with E-state index < -0.39 is 12.0 Å². The maximum Gasteiger partial charge on any atom is 0.321 e. The maximum atomic E-state index is 11.4. The normalized spacial score (nSPS) is 18.9. The molecule has 1 aliphatic rings. The quantitative estimate of drug-likeness (QED) is 0.659. The largest absolute Gasteiger partial charge is 0.489 e. The van der Waals surface area contributed by atoms with Gasteiger partial charge in [-0.25, -0.2) is 4.98 Å². The highest BCUT2D eigenvalue weighted by Crippen LogP contribution is 2.29. The number of carboxylic acid groups (broad SMARTS) is 1. The van der Waals surface area contributed by atoms with E-state index in [4.69, 9.17) is 4.74 Å². The Hall–Kier alpha value is -3.12. The molecule has 6 nitrogen and oxygen atoms in total. The van der Waals surface area contributed by atoms with Gasteiger partial charge in [-0.15, -0.1) is 0 Å². The number of fused-ring (bicyclic) bond motifs is 1. The highest BCUT2D eigenvalue weighted by molar-refractivity contribution is 5.74. The van der Waals surface area contributed by atoms with Crippen molar-refractivity contribution in [2.24, 2.45) is 0 Å². The summed E-state index contributed by atoms with van der Waals surface area (Å²) < 4.78 is 5.81. The van der Waals surface area contributed by atoms with Crippen molar-refractivity contribution >= 4 is 5.97 Å². The van der Waals surface area contributed by atoms with E-state index in [2.05, 4.69) is 15.3 Å². The van der Waals surface area contributed by atoms with Crippen molar-refractivity contribution in [3.05, 3.63) is 83.4 Å². The number of rotatable bonds is 5. The molecule has 0 unspecified atom stereocenters. The van der Waals surface area contributed by atoms with Crippen LogP contribution in [0.25, 0.3) is 0 Å². The Kier molecular flexibility index (Phi) is 4.41. The van der Waals surface area contributed by atoms with Crippen molar-refractivity contribution in [3.63, 3.8) is 0 Å². The minimum atomic E-state index is -0.863. The number of aliphatic carboxylic acids is 1. The minimum absolute atomic E-state index is 0.255. The van der Waals surface area contributed by atoms with Gasteiger partial charge in [0.2, 0.25) is 0 Å². The highest BCUT2D eigenvalue weighted by Gasteiger charge is 2.33. The SMILES string of the molecule is O=C(O)[C@H]1Cc2[nH]cnc2[C@H](c2ccc(OCc3ccccc3)cc2)N1. The van der Waals surface area contributed by atoms with Gasteiger partial charge in [0.05, 0.1) is 18.1 Å². The van der Waals surface area contributed by atoms with Gasteiger partial charge >= 0.3 is 5.97 Å². The maximum absolute atomic E-state index is 11.4. The van der Waals surface area contributed by atoms with Gasteiger partial charge in [-0.2, -0.15) is 0 Å². The first-order valence-corrected chi connectivity index (χ1v) is 8.48. The van der Waals surface area contributed by atoms with E-state index in [1.165, 1.54) is 0 Å². The van der Waals surface area contributed by atoms with Crippen LogP contribution in [0.5, 0.6) is 5.75 Å². The second kappa shape index (κ2) is 7.01. The first kappa shape index (κ1) is 16.4. The number of carboxylic acids is 1. The van der Waals surface area contributed by atoms with Crippen LogP contribution in [0.2, 0.25) is 0 Å². The molecule has 0 radical (unpaired) electrons. The number of imidazole rings is 1. The molecule has 0 saturated carbocycles. The summed E-state index contributed by atoms with van der Waals surface area (Å²) in [6, 6.07) is 16.8. The topological polar surface area (TPSA) is 87.2 Å².